The molecule has 0 unspecified atom stereocenters. The van der Waals surface area contributed by atoms with Crippen LogP contribution in [0.15, 0.2) is 47.6 Å². The van der Waals surface area contributed by atoms with Crippen molar-refractivity contribution in [1.82, 2.24) is 5.43 Å². The molecule has 2 aromatic rings. The number of hydrogen-bond donors (Lipinski definition) is 2. The molecule has 118 valence electrons. The lowest BCUT2D eigenvalue weighted by Crippen LogP contribution is -2.18. The average Bonchev–Trinajstić information content (AvgIpc) is 2.56. The molecule has 2 aromatic carbocycles. The van der Waals surface area contributed by atoms with E-state index in [1.54, 1.807) is 24.3 Å². The highest BCUT2D eigenvalue weighted by atomic mass is 16.6. The third kappa shape index (κ3) is 3.62. The topological polar surface area (TPSA) is 114 Å². The van der Waals surface area contributed by atoms with Crippen LogP contribution in [0.1, 0.15) is 15.9 Å². The molecular weight excluding hydrogens is 302 g/mol. The summed E-state index contributed by atoms with van der Waals surface area (Å²) >= 11 is 0. The Kier molecular flexibility index (Phi) is 4.88. The predicted octanol–water partition coefficient (Wildman–Crippen LogP) is 2.07. The van der Waals surface area contributed by atoms with E-state index in [9.17, 15) is 20.0 Å². The number of rotatable bonds is 5. The Morgan fingerprint density at radius 2 is 2.04 bits per heavy atom. The zero-order chi connectivity index (χ0) is 16.8. The first-order valence-electron chi connectivity index (χ1n) is 6.47. The Balaban J connectivity index is 2.15. The number of hydrogen-bond acceptors (Lipinski definition) is 6. The first kappa shape index (κ1) is 16.0. The lowest BCUT2D eigenvalue weighted by Gasteiger charge is -2.06. The summed E-state index contributed by atoms with van der Waals surface area (Å²) in [5.74, 6) is -0.644. The second-order valence-corrected chi connectivity index (χ2v) is 4.37. The van der Waals surface area contributed by atoms with Gasteiger partial charge in [0.15, 0.2) is 0 Å². The van der Waals surface area contributed by atoms with E-state index >= 15 is 0 Å². The summed E-state index contributed by atoms with van der Waals surface area (Å²) in [5.41, 5.74) is 2.23. The van der Waals surface area contributed by atoms with Crippen molar-refractivity contribution >= 4 is 17.8 Å². The van der Waals surface area contributed by atoms with Gasteiger partial charge in [-0.3, -0.25) is 14.9 Å². The Hall–Kier alpha value is -3.42. The molecule has 0 aliphatic rings. The normalized spacial score (nSPS) is 10.5. The number of methoxy groups -OCH3 is 1. The van der Waals surface area contributed by atoms with Gasteiger partial charge >= 0.3 is 5.69 Å². The molecule has 0 bridgehead atoms. The minimum atomic E-state index is -0.708. The lowest BCUT2D eigenvalue weighted by molar-refractivity contribution is -0.385. The summed E-state index contributed by atoms with van der Waals surface area (Å²) in [6.45, 7) is 0. The Morgan fingerprint density at radius 1 is 1.30 bits per heavy atom. The Labute approximate surface area is 131 Å². The van der Waals surface area contributed by atoms with Crippen LogP contribution in [0.3, 0.4) is 0 Å². The van der Waals surface area contributed by atoms with Crippen molar-refractivity contribution < 1.29 is 19.6 Å². The molecule has 0 saturated carbocycles. The highest BCUT2D eigenvalue weighted by Crippen LogP contribution is 2.27. The monoisotopic (exact) mass is 315 g/mol. The van der Waals surface area contributed by atoms with Crippen molar-refractivity contribution in [2.75, 3.05) is 7.11 Å². The third-order valence-corrected chi connectivity index (χ3v) is 2.96. The van der Waals surface area contributed by atoms with Crippen LogP contribution >= 0.6 is 0 Å². The summed E-state index contributed by atoms with van der Waals surface area (Å²) in [4.78, 5) is 22.0. The molecule has 0 atom stereocenters. The van der Waals surface area contributed by atoms with Crippen LogP contribution in [-0.4, -0.2) is 29.3 Å². The molecule has 0 spiro atoms. The summed E-state index contributed by atoms with van der Waals surface area (Å²) in [6.07, 6.45) is 1.12. The van der Waals surface area contributed by atoms with Crippen molar-refractivity contribution in [1.29, 1.82) is 0 Å². The zero-order valence-corrected chi connectivity index (χ0v) is 12.1. The van der Waals surface area contributed by atoms with Gasteiger partial charge in [-0.25, -0.2) is 5.43 Å². The van der Waals surface area contributed by atoms with E-state index in [1.165, 1.54) is 25.3 Å². The van der Waals surface area contributed by atoms with E-state index in [2.05, 4.69) is 10.5 Å². The Morgan fingerprint density at radius 3 is 2.74 bits per heavy atom. The fraction of sp³-hybridized carbons (Fsp3) is 0.0667. The van der Waals surface area contributed by atoms with Gasteiger partial charge in [-0.15, -0.1) is 0 Å². The van der Waals surface area contributed by atoms with E-state index in [0.29, 0.717) is 5.75 Å². The summed E-state index contributed by atoms with van der Waals surface area (Å²) in [6, 6.07) is 10.6. The number of phenols is 1. The number of nitrogens with one attached hydrogen (secondary N) is 1. The van der Waals surface area contributed by atoms with Crippen molar-refractivity contribution in [2.24, 2.45) is 5.10 Å². The number of nitrogens with zero attached hydrogens (tertiary/aromatic N) is 2. The van der Waals surface area contributed by atoms with E-state index < -0.39 is 22.3 Å². The number of aromatic hydroxyl groups is 1. The number of nitro groups is 1. The molecule has 0 aromatic heterocycles. The molecule has 0 fully saturated rings. The molecule has 23 heavy (non-hydrogen) atoms. The standard InChI is InChI=1S/C15H13N3O5/c1-23-13-8-3-2-6-11(13)15(20)17-16-9-10-5-4-7-12(14(10)19)18(21)22/h2-9,19H,1H3,(H,17,20). The maximum Gasteiger partial charge on any atom is 0.311 e. The fourth-order valence-corrected chi connectivity index (χ4v) is 1.85. The number of carbonyl (C=O) groups is 1. The van der Waals surface area contributed by atoms with Crippen molar-refractivity contribution in [3.8, 4) is 11.5 Å². The summed E-state index contributed by atoms with van der Waals surface area (Å²) < 4.78 is 5.06. The van der Waals surface area contributed by atoms with Gasteiger partial charge in [0, 0.05) is 11.6 Å². The van der Waals surface area contributed by atoms with Crippen LogP contribution in [0.2, 0.25) is 0 Å². The molecule has 2 rings (SSSR count). The first-order valence-corrected chi connectivity index (χ1v) is 6.47. The molecule has 0 radical (unpaired) electrons. The number of phenolic OH excluding ortho intramolecular Hbond substituents is 1. The van der Waals surface area contributed by atoms with Gasteiger partial charge in [0.1, 0.15) is 5.75 Å². The van der Waals surface area contributed by atoms with Crippen molar-refractivity contribution in [2.45, 2.75) is 0 Å². The number of benzene rings is 2. The van der Waals surface area contributed by atoms with E-state index in [4.69, 9.17) is 4.74 Å². The SMILES string of the molecule is COc1ccccc1C(=O)NN=Cc1cccc([N+](=O)[O-])c1O. The molecule has 0 saturated heterocycles. The fourth-order valence-electron chi connectivity index (χ4n) is 1.85. The average molecular weight is 315 g/mol. The number of amides is 1. The van der Waals surface area contributed by atoms with E-state index in [-0.39, 0.29) is 11.1 Å². The largest absolute Gasteiger partial charge is 0.502 e. The predicted molar refractivity (Wildman–Crippen MR) is 82.8 cm³/mol. The molecule has 0 aliphatic heterocycles. The molecule has 0 heterocycles. The number of carbonyl (C=O) groups excluding carboxylic acids is 1. The van der Waals surface area contributed by atoms with Gasteiger partial charge in [-0.05, 0) is 18.2 Å². The first-order chi connectivity index (χ1) is 11.0. The zero-order valence-electron chi connectivity index (χ0n) is 12.1. The molecule has 0 aliphatic carbocycles. The molecule has 8 heteroatoms. The third-order valence-electron chi connectivity index (χ3n) is 2.96. The maximum absolute atomic E-state index is 12.0. The van der Waals surface area contributed by atoms with Crippen LogP contribution in [0.25, 0.3) is 0 Å². The quantitative estimate of drug-likeness (QED) is 0.498. The highest BCUT2D eigenvalue weighted by molar-refractivity contribution is 5.97. The van der Waals surface area contributed by atoms with E-state index in [0.717, 1.165) is 6.21 Å². The molecule has 8 nitrogen and oxygen atoms in total. The Bertz CT molecular complexity index is 773. The van der Waals surface area contributed by atoms with Gasteiger partial charge in [0.2, 0.25) is 5.75 Å². The minimum absolute atomic E-state index is 0.111. The second kappa shape index (κ2) is 7.03. The number of hydrazone groups is 1. The van der Waals surface area contributed by atoms with E-state index in [1.807, 2.05) is 0 Å². The maximum atomic E-state index is 12.0. The number of ether oxygens (including phenoxy) is 1. The number of nitro benzene ring substituents is 1. The lowest BCUT2D eigenvalue weighted by atomic mass is 10.2. The van der Waals surface area contributed by atoms with Crippen LogP contribution in [-0.2, 0) is 0 Å². The van der Waals surface area contributed by atoms with Gasteiger partial charge in [-0.1, -0.05) is 18.2 Å². The smallest absolute Gasteiger partial charge is 0.311 e. The van der Waals surface area contributed by atoms with Crippen LogP contribution < -0.4 is 10.2 Å². The molecule has 2 N–H and O–H groups in total. The second-order valence-electron chi connectivity index (χ2n) is 4.37. The van der Waals surface area contributed by atoms with Gasteiger partial charge < -0.3 is 9.84 Å². The molecular formula is C15H13N3O5. The summed E-state index contributed by atoms with van der Waals surface area (Å²) in [5, 5.41) is 24.2. The number of para-hydroxylation sites is 2. The van der Waals surface area contributed by atoms with Crippen LogP contribution in [0.4, 0.5) is 5.69 Å². The van der Waals surface area contributed by atoms with Gasteiger partial charge in [0.05, 0.1) is 23.8 Å². The van der Waals surface area contributed by atoms with Gasteiger partial charge in [-0.2, -0.15) is 5.10 Å². The van der Waals surface area contributed by atoms with Crippen LogP contribution in [0.5, 0.6) is 11.5 Å². The summed E-state index contributed by atoms with van der Waals surface area (Å²) in [7, 11) is 1.44. The molecule has 1 amide bonds. The van der Waals surface area contributed by atoms with Gasteiger partial charge in [0.25, 0.3) is 5.91 Å². The van der Waals surface area contributed by atoms with Crippen molar-refractivity contribution in [3.05, 3.63) is 63.7 Å². The van der Waals surface area contributed by atoms with Crippen LogP contribution in [0, 0.1) is 10.1 Å². The minimum Gasteiger partial charge on any atom is -0.502 e. The highest BCUT2D eigenvalue weighted by Gasteiger charge is 2.15. The van der Waals surface area contributed by atoms with Crippen molar-refractivity contribution in [3.63, 3.8) is 0 Å².